The van der Waals surface area contributed by atoms with Crippen LogP contribution in [-0.4, -0.2) is 23.3 Å². The van der Waals surface area contributed by atoms with Crippen molar-refractivity contribution >= 4 is 29.0 Å². The van der Waals surface area contributed by atoms with E-state index < -0.39 is 23.2 Å². The molecule has 25 heavy (non-hydrogen) atoms. The van der Waals surface area contributed by atoms with E-state index in [4.69, 9.17) is 16.3 Å². The van der Waals surface area contributed by atoms with Gasteiger partial charge in [0, 0.05) is 11.6 Å². The van der Waals surface area contributed by atoms with Crippen LogP contribution in [0, 0.1) is 30.9 Å². The van der Waals surface area contributed by atoms with Gasteiger partial charge in [0.2, 0.25) is 5.78 Å². The van der Waals surface area contributed by atoms with E-state index >= 15 is 0 Å². The molecule has 7 heteroatoms. The molecular weight excluding hydrogens is 346 g/mol. The van der Waals surface area contributed by atoms with Crippen molar-refractivity contribution in [2.24, 2.45) is 0 Å². The number of carbonyl (C=O) groups excluding carboxylic acids is 2. The standard InChI is InChI=1S/C18H16ClNO5/c1-10-6-12(3)14(7-11(10)2)17(21)9-25-18(22)13-4-5-15(19)16(8-13)20(23)24/h4-8H,9H2,1-3H3. The van der Waals surface area contributed by atoms with E-state index in [2.05, 4.69) is 0 Å². The molecule has 0 saturated carbocycles. The number of esters is 1. The number of ketones is 1. The molecule has 2 rings (SSSR count). The first-order valence-electron chi connectivity index (χ1n) is 7.43. The fourth-order valence-corrected chi connectivity index (χ4v) is 2.52. The molecule has 0 N–H and O–H groups in total. The van der Waals surface area contributed by atoms with Crippen LogP contribution in [0.4, 0.5) is 5.69 Å². The van der Waals surface area contributed by atoms with Crippen LogP contribution in [0.2, 0.25) is 5.02 Å². The van der Waals surface area contributed by atoms with Crippen molar-refractivity contribution in [1.29, 1.82) is 0 Å². The van der Waals surface area contributed by atoms with Crippen LogP contribution in [-0.2, 0) is 4.74 Å². The highest BCUT2D eigenvalue weighted by molar-refractivity contribution is 6.32. The number of Topliss-reactive ketones (excluding diaryl/α,β-unsaturated/α-hetero) is 1. The molecule has 0 bridgehead atoms. The lowest BCUT2D eigenvalue weighted by Gasteiger charge is -2.09. The van der Waals surface area contributed by atoms with Gasteiger partial charge in [0.15, 0.2) is 6.61 Å². The van der Waals surface area contributed by atoms with Gasteiger partial charge in [-0.2, -0.15) is 0 Å². The topological polar surface area (TPSA) is 86.5 Å². The summed E-state index contributed by atoms with van der Waals surface area (Å²) in [7, 11) is 0. The molecule has 0 fully saturated rings. The maximum atomic E-state index is 12.3. The summed E-state index contributed by atoms with van der Waals surface area (Å²) in [6.45, 7) is 5.21. The number of halogens is 1. The van der Waals surface area contributed by atoms with E-state index in [1.165, 1.54) is 12.1 Å². The summed E-state index contributed by atoms with van der Waals surface area (Å²) >= 11 is 5.70. The SMILES string of the molecule is Cc1cc(C)c(C(=O)COC(=O)c2ccc(Cl)c([N+](=O)[O-])c2)cc1C. The smallest absolute Gasteiger partial charge is 0.338 e. The Bertz CT molecular complexity index is 876. The number of ether oxygens (including phenoxy) is 1. The van der Waals surface area contributed by atoms with E-state index in [0.29, 0.717) is 5.56 Å². The molecule has 0 aliphatic heterocycles. The normalized spacial score (nSPS) is 10.4. The van der Waals surface area contributed by atoms with Gasteiger partial charge in [-0.25, -0.2) is 4.79 Å². The molecule has 0 aliphatic carbocycles. The lowest BCUT2D eigenvalue weighted by molar-refractivity contribution is -0.384. The minimum Gasteiger partial charge on any atom is -0.454 e. The summed E-state index contributed by atoms with van der Waals surface area (Å²) in [6, 6.07) is 7.23. The Labute approximate surface area is 149 Å². The first-order valence-corrected chi connectivity index (χ1v) is 7.80. The van der Waals surface area contributed by atoms with Gasteiger partial charge in [-0.15, -0.1) is 0 Å². The van der Waals surface area contributed by atoms with Gasteiger partial charge in [0.1, 0.15) is 5.02 Å². The first-order chi connectivity index (χ1) is 11.7. The van der Waals surface area contributed by atoms with Crippen molar-refractivity contribution in [3.05, 3.63) is 73.3 Å². The largest absolute Gasteiger partial charge is 0.454 e. The minimum absolute atomic E-state index is 0.0410. The molecule has 2 aromatic carbocycles. The molecule has 0 spiro atoms. The monoisotopic (exact) mass is 361 g/mol. The fraction of sp³-hybridized carbons (Fsp3) is 0.222. The molecule has 6 nitrogen and oxygen atoms in total. The van der Waals surface area contributed by atoms with Crippen molar-refractivity contribution in [2.75, 3.05) is 6.61 Å². The van der Waals surface area contributed by atoms with Crippen LogP contribution in [0.15, 0.2) is 30.3 Å². The predicted molar refractivity (Wildman–Crippen MR) is 93.4 cm³/mol. The first kappa shape index (κ1) is 18.6. The predicted octanol–water partition coefficient (Wildman–Crippen LogP) is 4.21. The quantitative estimate of drug-likeness (QED) is 0.344. The number of benzene rings is 2. The minimum atomic E-state index is -0.824. The summed E-state index contributed by atoms with van der Waals surface area (Å²) in [5.74, 6) is -1.16. The van der Waals surface area contributed by atoms with Crippen LogP contribution in [0.1, 0.15) is 37.4 Å². The Morgan fingerprint density at radius 2 is 1.72 bits per heavy atom. The van der Waals surface area contributed by atoms with Gasteiger partial charge >= 0.3 is 5.97 Å². The molecule has 0 aromatic heterocycles. The van der Waals surface area contributed by atoms with Gasteiger partial charge in [-0.05, 0) is 55.7 Å². The number of nitrogens with zero attached hydrogens (tertiary/aromatic N) is 1. The third kappa shape index (κ3) is 4.22. The third-order valence-electron chi connectivity index (χ3n) is 3.85. The van der Waals surface area contributed by atoms with Gasteiger partial charge in [0.05, 0.1) is 10.5 Å². The highest BCUT2D eigenvalue weighted by Gasteiger charge is 2.19. The molecule has 0 aliphatic rings. The fourth-order valence-electron chi connectivity index (χ4n) is 2.33. The molecule has 0 radical (unpaired) electrons. The highest BCUT2D eigenvalue weighted by Crippen LogP contribution is 2.25. The van der Waals surface area contributed by atoms with Gasteiger partial charge in [-0.1, -0.05) is 17.7 Å². The van der Waals surface area contributed by atoms with Crippen molar-refractivity contribution in [3.63, 3.8) is 0 Å². The average Bonchev–Trinajstić information content (AvgIpc) is 2.55. The Balaban J connectivity index is 2.12. The average molecular weight is 362 g/mol. The van der Waals surface area contributed by atoms with Crippen molar-refractivity contribution < 1.29 is 19.2 Å². The summed E-state index contributed by atoms with van der Waals surface area (Å²) in [6.07, 6.45) is 0. The highest BCUT2D eigenvalue weighted by atomic mass is 35.5. The van der Waals surface area contributed by atoms with E-state index in [9.17, 15) is 19.7 Å². The summed E-state index contributed by atoms with van der Waals surface area (Å²) in [5, 5.41) is 10.8. The van der Waals surface area contributed by atoms with E-state index in [-0.39, 0.29) is 16.4 Å². The van der Waals surface area contributed by atoms with Gasteiger partial charge < -0.3 is 4.74 Å². The zero-order valence-corrected chi connectivity index (χ0v) is 14.7. The summed E-state index contributed by atoms with van der Waals surface area (Å²) < 4.78 is 4.99. The Morgan fingerprint density at radius 1 is 1.08 bits per heavy atom. The third-order valence-corrected chi connectivity index (χ3v) is 4.17. The Morgan fingerprint density at radius 3 is 2.36 bits per heavy atom. The lowest BCUT2D eigenvalue weighted by atomic mass is 9.98. The second-order valence-corrected chi connectivity index (χ2v) is 6.08. The molecular formula is C18H16ClNO5. The Hall–Kier alpha value is -2.73. The van der Waals surface area contributed by atoms with E-state index in [0.717, 1.165) is 22.8 Å². The number of hydrogen-bond acceptors (Lipinski definition) is 5. The van der Waals surface area contributed by atoms with Crippen molar-refractivity contribution in [3.8, 4) is 0 Å². The summed E-state index contributed by atoms with van der Waals surface area (Å²) in [5.41, 5.74) is 2.88. The number of rotatable bonds is 5. The second-order valence-electron chi connectivity index (χ2n) is 5.67. The number of nitro benzene ring substituents is 1. The Kier molecular flexibility index (Phi) is 5.54. The summed E-state index contributed by atoms with van der Waals surface area (Å²) in [4.78, 5) is 34.5. The van der Waals surface area contributed by atoms with Crippen molar-refractivity contribution in [2.45, 2.75) is 20.8 Å². The van der Waals surface area contributed by atoms with Crippen molar-refractivity contribution in [1.82, 2.24) is 0 Å². The van der Waals surface area contributed by atoms with Crippen LogP contribution < -0.4 is 0 Å². The van der Waals surface area contributed by atoms with E-state index in [1.54, 1.807) is 6.07 Å². The molecule has 0 amide bonds. The molecule has 130 valence electrons. The second kappa shape index (κ2) is 7.44. The number of hydrogen-bond donors (Lipinski definition) is 0. The maximum absolute atomic E-state index is 12.3. The number of aryl methyl sites for hydroxylation is 3. The molecule has 0 heterocycles. The van der Waals surface area contributed by atoms with Gasteiger partial charge in [-0.3, -0.25) is 14.9 Å². The van der Waals surface area contributed by atoms with Gasteiger partial charge in [0.25, 0.3) is 5.69 Å². The molecule has 0 atom stereocenters. The zero-order valence-electron chi connectivity index (χ0n) is 14.0. The van der Waals surface area contributed by atoms with Crippen LogP contribution in [0.5, 0.6) is 0 Å². The zero-order chi connectivity index (χ0) is 18.7. The number of carbonyl (C=O) groups is 2. The van der Waals surface area contributed by atoms with Crippen LogP contribution in [0.3, 0.4) is 0 Å². The van der Waals surface area contributed by atoms with Crippen LogP contribution >= 0.6 is 11.6 Å². The lowest BCUT2D eigenvalue weighted by Crippen LogP contribution is -2.15. The molecule has 2 aromatic rings. The maximum Gasteiger partial charge on any atom is 0.338 e. The van der Waals surface area contributed by atoms with Crippen LogP contribution in [0.25, 0.3) is 0 Å². The number of nitro groups is 1. The molecule has 0 saturated heterocycles. The molecule has 0 unspecified atom stereocenters. The van der Waals surface area contributed by atoms with E-state index in [1.807, 2.05) is 26.8 Å².